The van der Waals surface area contributed by atoms with Crippen molar-refractivity contribution >= 4 is 11.6 Å². The zero-order valence-electron chi connectivity index (χ0n) is 21.1. The molecule has 0 radical (unpaired) electrons. The van der Waals surface area contributed by atoms with Gasteiger partial charge in [0.2, 0.25) is 0 Å². The molecule has 0 bridgehead atoms. The molecule has 0 aromatic carbocycles. The fraction of sp³-hybridized carbons (Fsp3) is 0.692. The van der Waals surface area contributed by atoms with Gasteiger partial charge in [0.15, 0.2) is 0 Å². The van der Waals surface area contributed by atoms with Gasteiger partial charge in [0.05, 0.1) is 0 Å². The number of nitrogens with zero attached hydrogens (tertiary/aromatic N) is 1. The summed E-state index contributed by atoms with van der Waals surface area (Å²) in [6.07, 6.45) is 9.73. The van der Waals surface area contributed by atoms with Crippen molar-refractivity contribution in [3.8, 4) is 0 Å². The van der Waals surface area contributed by atoms with Crippen LogP contribution < -0.4 is 0 Å². The molecule has 0 atom stereocenters. The maximum Gasteiger partial charge on any atom is 0.108 e. The smallest absolute Gasteiger partial charge is 0.108 e. The van der Waals surface area contributed by atoms with Crippen LogP contribution in [0, 0.1) is 5.92 Å². The molecule has 0 aromatic rings. The Morgan fingerprint density at radius 2 is 1.52 bits per heavy atom. The molecule has 1 rings (SSSR count). The van der Waals surface area contributed by atoms with Crippen molar-refractivity contribution in [3.05, 3.63) is 47.9 Å². The van der Waals surface area contributed by atoms with Crippen LogP contribution in [0.2, 0.25) is 0 Å². The zero-order chi connectivity index (χ0) is 23.6. The molecule has 1 saturated carbocycles. The van der Waals surface area contributed by atoms with Gasteiger partial charge in [-0.15, -0.1) is 11.6 Å². The Hall–Kier alpha value is -1.02. The van der Waals surface area contributed by atoms with Crippen molar-refractivity contribution < 1.29 is 4.39 Å². The van der Waals surface area contributed by atoms with Gasteiger partial charge in [0.25, 0.3) is 0 Å². The van der Waals surface area contributed by atoms with Crippen LogP contribution in [-0.2, 0) is 0 Å². The van der Waals surface area contributed by atoms with Crippen molar-refractivity contribution in [1.82, 2.24) is 4.90 Å². The number of hydrogen-bond acceptors (Lipinski definition) is 1. The highest BCUT2D eigenvalue weighted by Crippen LogP contribution is 2.34. The lowest BCUT2D eigenvalue weighted by Gasteiger charge is -2.30. The summed E-state index contributed by atoms with van der Waals surface area (Å²) in [4.78, 5) is 2.09. The molecule has 1 fully saturated rings. The van der Waals surface area contributed by atoms with Gasteiger partial charge in [-0.25, -0.2) is 4.39 Å². The fourth-order valence-corrected chi connectivity index (χ4v) is 3.48. The number of allylic oxidation sites excluding steroid dienone is 6. The third-order valence-electron chi connectivity index (χ3n) is 5.05. The first-order valence-electron chi connectivity index (χ1n) is 11.2. The van der Waals surface area contributed by atoms with Gasteiger partial charge in [-0.1, -0.05) is 71.8 Å². The lowest BCUT2D eigenvalue weighted by molar-refractivity contribution is 0.0943. The van der Waals surface area contributed by atoms with Crippen LogP contribution in [0.15, 0.2) is 47.9 Å². The van der Waals surface area contributed by atoms with E-state index in [9.17, 15) is 4.39 Å². The summed E-state index contributed by atoms with van der Waals surface area (Å²) in [5.74, 6) is 0.827. The van der Waals surface area contributed by atoms with Gasteiger partial charge >= 0.3 is 0 Å². The van der Waals surface area contributed by atoms with E-state index in [1.807, 2.05) is 61.6 Å². The average Bonchev–Trinajstić information content (AvgIpc) is 2.71. The molecule has 0 spiro atoms. The Bertz CT molecular complexity index is 491. The second-order valence-electron chi connectivity index (χ2n) is 7.48. The second-order valence-corrected chi connectivity index (χ2v) is 7.75. The van der Waals surface area contributed by atoms with Crippen molar-refractivity contribution in [1.29, 1.82) is 0 Å². The van der Waals surface area contributed by atoms with E-state index in [0.717, 1.165) is 35.4 Å². The van der Waals surface area contributed by atoms with E-state index < -0.39 is 5.67 Å². The first-order chi connectivity index (χ1) is 13.6. The SMILES string of the molecule is C=C/C=C(/C)N(C)/C(C)=C(/CCl)C(=C)C.CC.CC.CC(C)(F)C1CCCCC1. The van der Waals surface area contributed by atoms with E-state index in [1.165, 1.54) is 19.3 Å². The van der Waals surface area contributed by atoms with Crippen molar-refractivity contribution in [2.45, 2.75) is 100 Å². The Balaban J connectivity index is -0.000000416. The van der Waals surface area contributed by atoms with Gasteiger partial charge < -0.3 is 4.90 Å². The largest absolute Gasteiger partial charge is 0.352 e. The molecule has 3 heteroatoms. The highest BCUT2D eigenvalue weighted by molar-refractivity contribution is 6.19. The summed E-state index contributed by atoms with van der Waals surface area (Å²) in [5, 5.41) is 0. The van der Waals surface area contributed by atoms with Crippen LogP contribution in [-0.4, -0.2) is 23.5 Å². The molecule has 0 aliphatic heterocycles. The second kappa shape index (κ2) is 19.0. The molecule has 0 N–H and O–H groups in total. The quantitative estimate of drug-likeness (QED) is 0.300. The summed E-state index contributed by atoms with van der Waals surface area (Å²) in [6.45, 7) is 25.1. The molecule has 1 nitrogen and oxygen atoms in total. The Morgan fingerprint density at radius 1 is 1.07 bits per heavy atom. The lowest BCUT2D eigenvalue weighted by Crippen LogP contribution is -2.27. The highest BCUT2D eigenvalue weighted by atomic mass is 35.5. The van der Waals surface area contributed by atoms with Crippen LogP contribution in [0.3, 0.4) is 0 Å². The molecular weight excluding hydrogens is 381 g/mol. The van der Waals surface area contributed by atoms with Gasteiger partial charge in [-0.05, 0) is 65.0 Å². The standard InChI is InChI=1S/C13H20ClN.C9H17F.2C2H6/c1-7-8-11(4)15(6)12(5)13(9-14)10(2)3;1-9(2,10)8-6-4-3-5-7-8;2*1-2/h7-8H,1-2,9H2,3-6H3;8H,3-7H2,1-2H3;2*1-2H3/b11-8-,13-12-;;;. The average molecular weight is 430 g/mol. The molecule has 0 unspecified atom stereocenters. The van der Waals surface area contributed by atoms with E-state index in [0.29, 0.717) is 11.8 Å². The van der Waals surface area contributed by atoms with Crippen molar-refractivity contribution in [2.24, 2.45) is 5.92 Å². The van der Waals surface area contributed by atoms with Crippen LogP contribution in [0.4, 0.5) is 4.39 Å². The third kappa shape index (κ3) is 14.6. The van der Waals surface area contributed by atoms with Crippen molar-refractivity contribution in [2.75, 3.05) is 12.9 Å². The molecule has 0 amide bonds. The minimum atomic E-state index is -0.930. The predicted molar refractivity (Wildman–Crippen MR) is 134 cm³/mol. The predicted octanol–water partition coefficient (Wildman–Crippen LogP) is 9.46. The van der Waals surface area contributed by atoms with Crippen LogP contribution >= 0.6 is 11.6 Å². The maximum atomic E-state index is 13.3. The molecule has 29 heavy (non-hydrogen) atoms. The molecule has 1 aliphatic rings. The fourth-order valence-electron chi connectivity index (χ4n) is 3.06. The Kier molecular flexibility index (Phi) is 21.4. The molecule has 0 heterocycles. The summed E-state index contributed by atoms with van der Waals surface area (Å²) in [7, 11) is 2.01. The van der Waals surface area contributed by atoms with Gasteiger partial charge in [0, 0.05) is 24.3 Å². The minimum Gasteiger partial charge on any atom is -0.352 e. The summed E-state index contributed by atoms with van der Waals surface area (Å²) >= 11 is 5.90. The zero-order valence-corrected chi connectivity index (χ0v) is 21.8. The molecule has 0 saturated heterocycles. The van der Waals surface area contributed by atoms with E-state index in [2.05, 4.69) is 18.1 Å². The monoisotopic (exact) mass is 429 g/mol. The van der Waals surface area contributed by atoms with Crippen molar-refractivity contribution in [3.63, 3.8) is 0 Å². The molecular formula is C26H49ClFN. The summed E-state index contributed by atoms with van der Waals surface area (Å²) < 4.78 is 13.3. The van der Waals surface area contributed by atoms with Crippen LogP contribution in [0.25, 0.3) is 0 Å². The van der Waals surface area contributed by atoms with E-state index >= 15 is 0 Å². The molecule has 0 aromatic heterocycles. The van der Waals surface area contributed by atoms with Gasteiger partial charge in [-0.2, -0.15) is 0 Å². The molecule has 1 aliphatic carbocycles. The number of hydrogen-bond donors (Lipinski definition) is 0. The normalized spacial score (nSPS) is 15.2. The van der Waals surface area contributed by atoms with E-state index in [4.69, 9.17) is 11.6 Å². The highest BCUT2D eigenvalue weighted by Gasteiger charge is 2.29. The van der Waals surface area contributed by atoms with Crippen LogP contribution in [0.5, 0.6) is 0 Å². The summed E-state index contributed by atoms with van der Waals surface area (Å²) in [6, 6.07) is 0. The summed E-state index contributed by atoms with van der Waals surface area (Å²) in [5.41, 5.74) is 3.44. The topological polar surface area (TPSA) is 3.24 Å². The third-order valence-corrected chi connectivity index (χ3v) is 5.32. The first kappa shape index (κ1) is 32.6. The minimum absolute atomic E-state index is 0.334. The van der Waals surface area contributed by atoms with Crippen LogP contribution in [0.1, 0.15) is 94.4 Å². The van der Waals surface area contributed by atoms with E-state index in [-0.39, 0.29) is 0 Å². The van der Waals surface area contributed by atoms with E-state index in [1.54, 1.807) is 19.9 Å². The van der Waals surface area contributed by atoms with Gasteiger partial charge in [-0.3, -0.25) is 0 Å². The Morgan fingerprint density at radius 3 is 1.79 bits per heavy atom. The van der Waals surface area contributed by atoms with Gasteiger partial charge in [0.1, 0.15) is 5.67 Å². The maximum absolute atomic E-state index is 13.3. The number of alkyl halides is 2. The number of rotatable bonds is 6. The molecule has 172 valence electrons. The Labute approximate surface area is 187 Å². The lowest BCUT2D eigenvalue weighted by atomic mass is 9.80. The number of halogens is 2. The first-order valence-corrected chi connectivity index (χ1v) is 11.7.